The van der Waals surface area contributed by atoms with Crippen LogP contribution in [0.2, 0.25) is 0 Å². The average molecular weight is 402 g/mol. The van der Waals surface area contributed by atoms with Gasteiger partial charge in [0.25, 0.3) is 5.91 Å². The summed E-state index contributed by atoms with van der Waals surface area (Å²) in [5.74, 6) is 0.427. The van der Waals surface area contributed by atoms with Crippen molar-refractivity contribution in [3.8, 4) is 0 Å². The minimum Gasteiger partial charge on any atom is -0.348 e. The normalized spacial score (nSPS) is 22.4. The van der Waals surface area contributed by atoms with Crippen LogP contribution in [0.1, 0.15) is 43.0 Å². The molecule has 26 heavy (non-hydrogen) atoms. The predicted octanol–water partition coefficient (Wildman–Crippen LogP) is 2.01. The molecular weight excluding hydrogens is 374 g/mol. The molecule has 1 amide bonds. The van der Waals surface area contributed by atoms with Crippen LogP contribution in [0.4, 0.5) is 0 Å². The molecule has 2 heterocycles. The van der Waals surface area contributed by atoms with E-state index >= 15 is 0 Å². The molecule has 0 saturated carbocycles. The number of benzene rings is 1. The summed E-state index contributed by atoms with van der Waals surface area (Å²) < 4.78 is 27.0. The zero-order valence-electron chi connectivity index (χ0n) is 15.1. The SMILES string of the molecule is CC1CCN(S(=O)(=O)c2ccc(C(=O)NC3CCCNC3)cc2)CC1.Cl. The van der Waals surface area contributed by atoms with Crippen LogP contribution >= 0.6 is 12.4 Å². The fourth-order valence-corrected chi connectivity index (χ4v) is 4.87. The number of carbonyl (C=O) groups excluding carboxylic acids is 1. The van der Waals surface area contributed by atoms with Crippen molar-refractivity contribution >= 4 is 28.3 Å². The summed E-state index contributed by atoms with van der Waals surface area (Å²) in [4.78, 5) is 12.6. The van der Waals surface area contributed by atoms with Gasteiger partial charge in [0.2, 0.25) is 10.0 Å². The molecule has 1 aromatic carbocycles. The number of nitrogens with one attached hydrogen (secondary N) is 2. The molecule has 8 heteroatoms. The van der Waals surface area contributed by atoms with E-state index in [1.807, 2.05) is 0 Å². The van der Waals surface area contributed by atoms with Gasteiger partial charge in [0.1, 0.15) is 0 Å². The topological polar surface area (TPSA) is 78.5 Å². The second-order valence-electron chi connectivity index (χ2n) is 7.13. The first-order valence-electron chi connectivity index (χ1n) is 9.08. The fraction of sp³-hybridized carbons (Fsp3) is 0.611. The van der Waals surface area contributed by atoms with E-state index in [0.29, 0.717) is 24.6 Å². The lowest BCUT2D eigenvalue weighted by Crippen LogP contribution is -2.45. The van der Waals surface area contributed by atoms with Crippen LogP contribution in [-0.2, 0) is 10.0 Å². The number of nitrogens with zero attached hydrogens (tertiary/aromatic N) is 1. The van der Waals surface area contributed by atoms with Gasteiger partial charge in [-0.05, 0) is 62.4 Å². The van der Waals surface area contributed by atoms with Crippen LogP contribution in [0.3, 0.4) is 0 Å². The van der Waals surface area contributed by atoms with Crippen molar-refractivity contribution in [1.29, 1.82) is 0 Å². The van der Waals surface area contributed by atoms with Gasteiger partial charge >= 0.3 is 0 Å². The molecule has 2 aliphatic heterocycles. The van der Waals surface area contributed by atoms with Gasteiger partial charge in [-0.2, -0.15) is 4.31 Å². The molecule has 146 valence electrons. The summed E-state index contributed by atoms with van der Waals surface area (Å²) in [6.45, 7) is 5.07. The molecule has 2 fully saturated rings. The lowest BCUT2D eigenvalue weighted by molar-refractivity contribution is 0.0930. The third-order valence-electron chi connectivity index (χ3n) is 5.13. The Morgan fingerprint density at radius 3 is 2.38 bits per heavy atom. The van der Waals surface area contributed by atoms with Crippen molar-refractivity contribution in [2.75, 3.05) is 26.2 Å². The summed E-state index contributed by atoms with van der Waals surface area (Å²) in [6.07, 6.45) is 3.82. The van der Waals surface area contributed by atoms with E-state index in [9.17, 15) is 13.2 Å². The Kier molecular flexibility index (Phi) is 7.46. The summed E-state index contributed by atoms with van der Waals surface area (Å²) in [5.41, 5.74) is 0.497. The van der Waals surface area contributed by atoms with Gasteiger partial charge in [-0.3, -0.25) is 4.79 Å². The number of carbonyl (C=O) groups is 1. The molecule has 0 aliphatic carbocycles. The number of hydrogen-bond acceptors (Lipinski definition) is 4. The lowest BCUT2D eigenvalue weighted by Gasteiger charge is -2.29. The van der Waals surface area contributed by atoms with Crippen LogP contribution in [-0.4, -0.2) is 50.9 Å². The maximum atomic E-state index is 12.7. The fourth-order valence-electron chi connectivity index (χ4n) is 3.40. The van der Waals surface area contributed by atoms with E-state index in [-0.39, 0.29) is 29.3 Å². The van der Waals surface area contributed by atoms with Gasteiger partial charge in [-0.25, -0.2) is 8.42 Å². The van der Waals surface area contributed by atoms with Gasteiger partial charge in [0, 0.05) is 31.2 Å². The molecule has 6 nitrogen and oxygen atoms in total. The Balaban J connectivity index is 0.00000243. The predicted molar refractivity (Wildman–Crippen MR) is 104 cm³/mol. The van der Waals surface area contributed by atoms with Gasteiger partial charge < -0.3 is 10.6 Å². The molecular formula is C18H28ClN3O3S. The Morgan fingerprint density at radius 1 is 1.15 bits per heavy atom. The molecule has 2 N–H and O–H groups in total. The van der Waals surface area contributed by atoms with Crippen LogP contribution in [0.25, 0.3) is 0 Å². The molecule has 2 saturated heterocycles. The Bertz CT molecular complexity index is 695. The summed E-state index contributed by atoms with van der Waals surface area (Å²) in [5, 5.41) is 6.26. The third-order valence-corrected chi connectivity index (χ3v) is 7.04. The zero-order valence-corrected chi connectivity index (χ0v) is 16.7. The van der Waals surface area contributed by atoms with Crippen molar-refractivity contribution in [3.05, 3.63) is 29.8 Å². The number of amides is 1. The number of halogens is 1. The standard InChI is InChI=1S/C18H27N3O3S.ClH/c1-14-8-11-21(12-9-14)25(23,24)17-6-4-15(5-7-17)18(22)20-16-3-2-10-19-13-16;/h4-7,14,16,19H,2-3,8-13H2,1H3,(H,20,22);1H. The van der Waals surface area contributed by atoms with Crippen LogP contribution in [0.15, 0.2) is 29.2 Å². The minimum absolute atomic E-state index is 0. The number of sulfonamides is 1. The molecule has 1 unspecified atom stereocenters. The van der Waals surface area contributed by atoms with Crippen LogP contribution < -0.4 is 10.6 Å². The largest absolute Gasteiger partial charge is 0.348 e. The molecule has 0 spiro atoms. The summed E-state index contributed by atoms with van der Waals surface area (Å²) >= 11 is 0. The summed E-state index contributed by atoms with van der Waals surface area (Å²) in [7, 11) is -3.46. The second-order valence-corrected chi connectivity index (χ2v) is 9.07. The lowest BCUT2D eigenvalue weighted by atomic mass is 10.0. The number of hydrogen-bond donors (Lipinski definition) is 2. The molecule has 0 bridgehead atoms. The van der Waals surface area contributed by atoms with E-state index in [4.69, 9.17) is 0 Å². The smallest absolute Gasteiger partial charge is 0.251 e. The van der Waals surface area contributed by atoms with Crippen molar-refractivity contribution in [2.45, 2.75) is 43.5 Å². The maximum Gasteiger partial charge on any atom is 0.251 e. The van der Waals surface area contributed by atoms with E-state index in [2.05, 4.69) is 17.6 Å². The van der Waals surface area contributed by atoms with E-state index < -0.39 is 10.0 Å². The van der Waals surface area contributed by atoms with E-state index in [0.717, 1.165) is 38.8 Å². The minimum atomic E-state index is -3.46. The van der Waals surface area contributed by atoms with Gasteiger partial charge in [0.05, 0.1) is 4.90 Å². The van der Waals surface area contributed by atoms with Crippen LogP contribution in [0.5, 0.6) is 0 Å². The molecule has 0 radical (unpaired) electrons. The number of rotatable bonds is 4. The molecule has 3 rings (SSSR count). The molecule has 1 atom stereocenters. The van der Waals surface area contributed by atoms with Gasteiger partial charge in [-0.1, -0.05) is 6.92 Å². The maximum absolute atomic E-state index is 12.7. The van der Waals surface area contributed by atoms with E-state index in [1.165, 1.54) is 0 Å². The highest BCUT2D eigenvalue weighted by Crippen LogP contribution is 2.23. The second kappa shape index (κ2) is 9.17. The Morgan fingerprint density at radius 2 is 1.81 bits per heavy atom. The van der Waals surface area contributed by atoms with Gasteiger partial charge in [0.15, 0.2) is 0 Å². The van der Waals surface area contributed by atoms with E-state index in [1.54, 1.807) is 28.6 Å². The zero-order chi connectivity index (χ0) is 17.9. The van der Waals surface area contributed by atoms with Crippen molar-refractivity contribution in [1.82, 2.24) is 14.9 Å². The first kappa shape index (κ1) is 21.2. The Labute approximate surface area is 162 Å². The van der Waals surface area contributed by atoms with Crippen molar-refractivity contribution < 1.29 is 13.2 Å². The molecule has 2 aliphatic rings. The molecule has 0 aromatic heterocycles. The first-order chi connectivity index (χ1) is 12.0. The monoisotopic (exact) mass is 401 g/mol. The summed E-state index contributed by atoms with van der Waals surface area (Å²) in [6, 6.07) is 6.43. The van der Waals surface area contributed by atoms with Gasteiger partial charge in [-0.15, -0.1) is 12.4 Å². The third kappa shape index (κ3) is 4.97. The first-order valence-corrected chi connectivity index (χ1v) is 10.5. The highest BCUT2D eigenvalue weighted by atomic mass is 35.5. The average Bonchev–Trinajstić information content (AvgIpc) is 2.63. The van der Waals surface area contributed by atoms with Crippen molar-refractivity contribution in [3.63, 3.8) is 0 Å². The Hall–Kier alpha value is -1.15. The highest BCUT2D eigenvalue weighted by molar-refractivity contribution is 7.89. The highest BCUT2D eigenvalue weighted by Gasteiger charge is 2.28. The molecule has 1 aromatic rings. The number of piperidine rings is 2. The van der Waals surface area contributed by atoms with Crippen LogP contribution in [0, 0.1) is 5.92 Å². The van der Waals surface area contributed by atoms with Crippen molar-refractivity contribution in [2.24, 2.45) is 5.92 Å². The quantitative estimate of drug-likeness (QED) is 0.808.